The first-order chi connectivity index (χ1) is 15.6. The van der Waals surface area contributed by atoms with Crippen molar-refractivity contribution < 1.29 is 9.53 Å². The van der Waals surface area contributed by atoms with E-state index in [1.54, 1.807) is 20.2 Å². The molecule has 1 aliphatic heterocycles. The average molecular weight is 428 g/mol. The highest BCUT2D eigenvalue weighted by molar-refractivity contribution is 5.93. The molecule has 2 aromatic heterocycles. The Hall–Kier alpha value is -3.87. The van der Waals surface area contributed by atoms with Gasteiger partial charge in [-0.05, 0) is 61.2 Å². The number of aromatic nitrogens is 3. The van der Waals surface area contributed by atoms with Gasteiger partial charge in [-0.2, -0.15) is 0 Å². The van der Waals surface area contributed by atoms with Gasteiger partial charge in [0.1, 0.15) is 5.75 Å². The van der Waals surface area contributed by atoms with Crippen LogP contribution in [0.15, 0.2) is 60.8 Å². The highest BCUT2D eigenvalue weighted by Crippen LogP contribution is 2.32. The molecular formula is C25H25N5O2. The maximum absolute atomic E-state index is 12.2. The minimum Gasteiger partial charge on any atom is -0.496 e. The maximum Gasteiger partial charge on any atom is 0.245 e. The van der Waals surface area contributed by atoms with Crippen LogP contribution in [0, 0.1) is 0 Å². The van der Waals surface area contributed by atoms with Crippen molar-refractivity contribution in [1.29, 1.82) is 0 Å². The van der Waals surface area contributed by atoms with E-state index in [0.29, 0.717) is 5.95 Å². The van der Waals surface area contributed by atoms with E-state index < -0.39 is 0 Å². The summed E-state index contributed by atoms with van der Waals surface area (Å²) in [7, 11) is 1.67. The predicted molar refractivity (Wildman–Crippen MR) is 126 cm³/mol. The van der Waals surface area contributed by atoms with E-state index in [2.05, 4.69) is 16.4 Å². The predicted octanol–water partition coefficient (Wildman–Crippen LogP) is 4.84. The number of anilines is 3. The Morgan fingerprint density at radius 3 is 2.81 bits per heavy atom. The Balaban J connectivity index is 1.51. The van der Waals surface area contributed by atoms with E-state index in [0.717, 1.165) is 59.7 Å². The number of para-hydroxylation sites is 1. The number of methoxy groups -OCH3 is 1. The zero-order valence-corrected chi connectivity index (χ0v) is 18.2. The molecule has 0 spiro atoms. The normalized spacial score (nSPS) is 13.5. The second kappa shape index (κ2) is 8.34. The molecule has 1 N–H and O–H groups in total. The Morgan fingerprint density at radius 2 is 1.97 bits per heavy atom. The Bertz CT molecular complexity index is 1300. The third-order valence-corrected chi connectivity index (χ3v) is 5.87. The van der Waals surface area contributed by atoms with Gasteiger partial charge in [-0.3, -0.25) is 4.79 Å². The first-order valence-corrected chi connectivity index (χ1v) is 10.8. The van der Waals surface area contributed by atoms with Gasteiger partial charge in [-0.1, -0.05) is 18.2 Å². The largest absolute Gasteiger partial charge is 0.496 e. The fourth-order valence-electron chi connectivity index (χ4n) is 4.29. The molecule has 162 valence electrons. The summed E-state index contributed by atoms with van der Waals surface area (Å²) >= 11 is 0. The van der Waals surface area contributed by atoms with Crippen molar-refractivity contribution in [3.63, 3.8) is 0 Å². The molecule has 5 rings (SSSR count). The standard InChI is InChI=1S/C25H25N5O2/c1-17(31)29-14-6-5-7-18-10-11-19(15-23(18)29)27-25-26-16-20-12-13-22(30(20)28-25)21-8-3-4-9-24(21)32-2/h3-4,8-13,15-16H,5-7,14H2,1-2H3,(H,27,28). The van der Waals surface area contributed by atoms with Crippen LogP contribution >= 0.6 is 0 Å². The fourth-order valence-corrected chi connectivity index (χ4v) is 4.29. The Morgan fingerprint density at radius 1 is 1.09 bits per heavy atom. The molecule has 0 saturated heterocycles. The van der Waals surface area contributed by atoms with Crippen LogP contribution in [-0.4, -0.2) is 34.2 Å². The molecule has 0 fully saturated rings. The molecule has 0 radical (unpaired) electrons. The SMILES string of the molecule is COc1ccccc1-c1ccc2cnc(Nc3ccc4c(c3)N(C(C)=O)CCCC4)nn12. The third-order valence-electron chi connectivity index (χ3n) is 5.87. The van der Waals surface area contributed by atoms with Gasteiger partial charge in [-0.15, -0.1) is 5.10 Å². The highest BCUT2D eigenvalue weighted by atomic mass is 16.5. The summed E-state index contributed by atoms with van der Waals surface area (Å²) in [6, 6.07) is 18.0. The topological polar surface area (TPSA) is 71.8 Å². The highest BCUT2D eigenvalue weighted by Gasteiger charge is 2.19. The number of hydrogen-bond acceptors (Lipinski definition) is 5. The van der Waals surface area contributed by atoms with E-state index in [1.807, 2.05) is 57.9 Å². The van der Waals surface area contributed by atoms with Gasteiger partial charge in [0.05, 0.1) is 24.5 Å². The van der Waals surface area contributed by atoms with Crippen LogP contribution in [0.4, 0.5) is 17.3 Å². The van der Waals surface area contributed by atoms with Gasteiger partial charge >= 0.3 is 0 Å². The minimum absolute atomic E-state index is 0.0664. The molecule has 32 heavy (non-hydrogen) atoms. The number of nitrogens with zero attached hydrogens (tertiary/aromatic N) is 4. The number of carbonyl (C=O) groups excluding carboxylic acids is 1. The first-order valence-electron chi connectivity index (χ1n) is 10.8. The molecule has 0 bridgehead atoms. The summed E-state index contributed by atoms with van der Waals surface area (Å²) in [6.45, 7) is 2.37. The number of ether oxygens (including phenoxy) is 1. The van der Waals surface area contributed by atoms with Crippen LogP contribution in [0.25, 0.3) is 16.8 Å². The molecule has 1 aliphatic rings. The van der Waals surface area contributed by atoms with Gasteiger partial charge in [0, 0.05) is 30.4 Å². The van der Waals surface area contributed by atoms with Crippen molar-refractivity contribution in [2.24, 2.45) is 0 Å². The lowest BCUT2D eigenvalue weighted by atomic mass is 10.1. The Kier molecular flexibility index (Phi) is 5.23. The number of benzene rings is 2. The monoisotopic (exact) mass is 427 g/mol. The minimum atomic E-state index is 0.0664. The molecule has 7 nitrogen and oxygen atoms in total. The third kappa shape index (κ3) is 3.66. The van der Waals surface area contributed by atoms with E-state index in [9.17, 15) is 4.79 Å². The lowest BCUT2D eigenvalue weighted by Crippen LogP contribution is -2.29. The summed E-state index contributed by atoms with van der Waals surface area (Å²) in [5.74, 6) is 1.33. The molecule has 1 amide bonds. The summed E-state index contributed by atoms with van der Waals surface area (Å²) in [6.07, 6.45) is 4.87. The quantitative estimate of drug-likeness (QED) is 0.505. The molecule has 7 heteroatoms. The van der Waals surface area contributed by atoms with Crippen LogP contribution in [0.3, 0.4) is 0 Å². The zero-order valence-electron chi connectivity index (χ0n) is 18.2. The number of aryl methyl sites for hydroxylation is 1. The van der Waals surface area contributed by atoms with Gasteiger partial charge in [0.2, 0.25) is 11.9 Å². The number of amides is 1. The Labute approximate surface area is 186 Å². The van der Waals surface area contributed by atoms with Gasteiger partial charge in [0.25, 0.3) is 0 Å². The van der Waals surface area contributed by atoms with Crippen molar-refractivity contribution in [1.82, 2.24) is 14.6 Å². The number of hydrogen-bond donors (Lipinski definition) is 1. The molecule has 0 saturated carbocycles. The fraction of sp³-hybridized carbons (Fsp3) is 0.240. The van der Waals surface area contributed by atoms with Crippen LogP contribution < -0.4 is 15.0 Å². The van der Waals surface area contributed by atoms with Gasteiger partial charge in [-0.25, -0.2) is 9.50 Å². The van der Waals surface area contributed by atoms with Gasteiger partial charge in [0.15, 0.2) is 0 Å². The molecule has 3 heterocycles. The smallest absolute Gasteiger partial charge is 0.245 e. The summed E-state index contributed by atoms with van der Waals surface area (Å²) in [4.78, 5) is 18.5. The maximum atomic E-state index is 12.2. The van der Waals surface area contributed by atoms with Crippen molar-refractivity contribution >= 4 is 28.7 Å². The van der Waals surface area contributed by atoms with Crippen molar-refractivity contribution in [2.45, 2.75) is 26.2 Å². The molecular weight excluding hydrogens is 402 g/mol. The van der Waals surface area contributed by atoms with Crippen LogP contribution in [0.1, 0.15) is 25.3 Å². The lowest BCUT2D eigenvalue weighted by molar-refractivity contribution is -0.116. The second-order valence-corrected chi connectivity index (χ2v) is 7.93. The van der Waals surface area contributed by atoms with Crippen LogP contribution in [-0.2, 0) is 11.2 Å². The van der Waals surface area contributed by atoms with Crippen LogP contribution in [0.2, 0.25) is 0 Å². The van der Waals surface area contributed by atoms with E-state index in [4.69, 9.17) is 9.84 Å². The molecule has 4 aromatic rings. The van der Waals surface area contributed by atoms with Crippen molar-refractivity contribution in [3.05, 3.63) is 66.4 Å². The van der Waals surface area contributed by atoms with Crippen molar-refractivity contribution in [2.75, 3.05) is 23.9 Å². The number of nitrogens with one attached hydrogen (secondary N) is 1. The number of rotatable bonds is 4. The average Bonchev–Trinajstić information content (AvgIpc) is 3.10. The number of carbonyl (C=O) groups is 1. The molecule has 2 aromatic carbocycles. The molecule has 0 unspecified atom stereocenters. The molecule has 0 aliphatic carbocycles. The zero-order chi connectivity index (χ0) is 22.1. The van der Waals surface area contributed by atoms with Gasteiger partial charge < -0.3 is 15.0 Å². The second-order valence-electron chi connectivity index (χ2n) is 7.93. The molecule has 0 atom stereocenters. The summed E-state index contributed by atoms with van der Waals surface area (Å²) < 4.78 is 7.39. The van der Waals surface area contributed by atoms with E-state index in [1.165, 1.54) is 5.56 Å². The summed E-state index contributed by atoms with van der Waals surface area (Å²) in [5.41, 5.74) is 5.79. The summed E-state index contributed by atoms with van der Waals surface area (Å²) in [5, 5.41) is 8.04. The lowest BCUT2D eigenvalue weighted by Gasteiger charge is -2.22. The van der Waals surface area contributed by atoms with E-state index in [-0.39, 0.29) is 5.91 Å². The van der Waals surface area contributed by atoms with Crippen molar-refractivity contribution in [3.8, 4) is 17.0 Å². The van der Waals surface area contributed by atoms with Crippen LogP contribution in [0.5, 0.6) is 5.75 Å². The first kappa shape index (κ1) is 20.1. The number of fused-ring (bicyclic) bond motifs is 2. The van der Waals surface area contributed by atoms with E-state index >= 15 is 0 Å².